The number of allylic oxidation sites excluding steroid dienone is 1. The van der Waals surface area contributed by atoms with Crippen molar-refractivity contribution in [2.24, 2.45) is 11.8 Å². The van der Waals surface area contributed by atoms with Crippen molar-refractivity contribution in [1.29, 1.82) is 0 Å². The summed E-state index contributed by atoms with van der Waals surface area (Å²) in [6, 6.07) is 6.12. The Hall–Kier alpha value is -2.05. The van der Waals surface area contributed by atoms with Gasteiger partial charge in [-0.05, 0) is 36.3 Å². The van der Waals surface area contributed by atoms with Crippen LogP contribution in [0, 0.1) is 17.0 Å². The first-order valence-electron chi connectivity index (χ1n) is 10.1. The van der Waals surface area contributed by atoms with Crippen LogP contribution in [-0.4, -0.2) is 57.1 Å². The van der Waals surface area contributed by atoms with Crippen molar-refractivity contribution in [1.82, 2.24) is 0 Å². The van der Waals surface area contributed by atoms with Crippen molar-refractivity contribution in [3.8, 4) is 5.75 Å². The summed E-state index contributed by atoms with van der Waals surface area (Å²) in [4.78, 5) is 15.5. The maximum Gasteiger partial charge on any atom is 0.310 e. The van der Waals surface area contributed by atoms with Gasteiger partial charge in [0, 0.05) is 36.9 Å². The minimum absolute atomic E-state index is 0.0135. The molecule has 28 heavy (non-hydrogen) atoms. The number of likely N-dealkylation sites (N-methyl/N-ethyl adjacent to an activating group) is 1. The predicted molar refractivity (Wildman–Crippen MR) is 106 cm³/mol. The van der Waals surface area contributed by atoms with E-state index in [0.717, 1.165) is 29.0 Å². The molecule has 3 bridgehead atoms. The van der Waals surface area contributed by atoms with Gasteiger partial charge in [0.2, 0.25) is 0 Å². The van der Waals surface area contributed by atoms with Gasteiger partial charge in [0.25, 0.3) is 0 Å². The summed E-state index contributed by atoms with van der Waals surface area (Å²) in [6.45, 7) is 3.04. The molecular weight excluding hydrogens is 356 g/mol. The standard InChI is InChI=1S/C22H28N2O4/c1-5-13-12-24(26)9-8-22-16-10-14(27-3)6-7-17(16)23(2)20(22)18(24)11-15(13)19(22)21(25)28-4/h5-7,10,15,18-20H,8-9,11-12H2,1-4H3/b13-5-/t15-,18-,19-,20-,22-,24+/m0/s1. The van der Waals surface area contributed by atoms with Gasteiger partial charge in [0.15, 0.2) is 0 Å². The highest BCUT2D eigenvalue weighted by molar-refractivity contribution is 5.80. The molecule has 0 aromatic heterocycles. The average Bonchev–Trinajstić information content (AvgIpc) is 2.97. The number of rotatable bonds is 2. The molecule has 0 amide bonds. The highest BCUT2D eigenvalue weighted by Crippen LogP contribution is 2.65. The molecule has 1 aromatic rings. The Bertz CT molecular complexity index is 883. The zero-order chi connectivity index (χ0) is 19.8. The number of fused-ring (bicyclic) bond motifs is 2. The van der Waals surface area contributed by atoms with E-state index >= 15 is 0 Å². The topological polar surface area (TPSA) is 61.8 Å². The zero-order valence-electron chi connectivity index (χ0n) is 17.0. The molecule has 6 heteroatoms. The van der Waals surface area contributed by atoms with Crippen LogP contribution in [-0.2, 0) is 14.9 Å². The Kier molecular flexibility index (Phi) is 3.69. The zero-order valence-corrected chi connectivity index (χ0v) is 17.0. The molecule has 1 aliphatic carbocycles. The van der Waals surface area contributed by atoms with Crippen LogP contribution >= 0.6 is 0 Å². The van der Waals surface area contributed by atoms with E-state index in [0.29, 0.717) is 19.5 Å². The minimum Gasteiger partial charge on any atom is -0.632 e. The summed E-state index contributed by atoms with van der Waals surface area (Å²) in [5.74, 6) is 0.449. The maximum absolute atomic E-state index is 13.9. The highest BCUT2D eigenvalue weighted by Gasteiger charge is 2.72. The minimum atomic E-state index is -0.403. The van der Waals surface area contributed by atoms with Gasteiger partial charge in [-0.3, -0.25) is 4.79 Å². The van der Waals surface area contributed by atoms with E-state index in [2.05, 4.69) is 30.2 Å². The molecule has 1 saturated carbocycles. The number of esters is 1. The van der Waals surface area contributed by atoms with E-state index in [1.807, 2.05) is 13.0 Å². The smallest absolute Gasteiger partial charge is 0.310 e. The summed E-state index contributed by atoms with van der Waals surface area (Å²) in [5.41, 5.74) is 2.98. The molecule has 4 aliphatic rings. The number of benzene rings is 1. The lowest BCUT2D eigenvalue weighted by atomic mass is 9.50. The molecule has 6 nitrogen and oxygen atoms in total. The fourth-order valence-electron chi connectivity index (χ4n) is 7.04. The van der Waals surface area contributed by atoms with Crippen molar-refractivity contribution in [2.45, 2.75) is 37.3 Å². The molecule has 3 heterocycles. The van der Waals surface area contributed by atoms with Crippen molar-refractivity contribution in [2.75, 3.05) is 39.3 Å². The Morgan fingerprint density at radius 2 is 2.18 bits per heavy atom. The molecule has 3 fully saturated rings. The van der Waals surface area contributed by atoms with Crippen molar-refractivity contribution in [3.63, 3.8) is 0 Å². The summed E-state index contributed by atoms with van der Waals surface area (Å²) >= 11 is 0. The Balaban J connectivity index is 1.80. The monoisotopic (exact) mass is 384 g/mol. The third kappa shape index (κ3) is 1.93. The van der Waals surface area contributed by atoms with E-state index in [-0.39, 0.29) is 34.5 Å². The first kappa shape index (κ1) is 18.0. The van der Waals surface area contributed by atoms with Gasteiger partial charge in [-0.1, -0.05) is 6.08 Å². The van der Waals surface area contributed by atoms with Gasteiger partial charge < -0.3 is 24.2 Å². The van der Waals surface area contributed by atoms with Gasteiger partial charge in [0.1, 0.15) is 18.3 Å². The normalized spacial score (nSPS) is 41.6. The third-order valence-corrected chi connectivity index (χ3v) is 8.11. The molecule has 1 aromatic carbocycles. The van der Waals surface area contributed by atoms with E-state index in [9.17, 15) is 10.0 Å². The van der Waals surface area contributed by atoms with Crippen LogP contribution in [0.3, 0.4) is 0 Å². The molecule has 3 aliphatic heterocycles. The molecule has 150 valence electrons. The van der Waals surface area contributed by atoms with Crippen molar-refractivity contribution < 1.29 is 18.9 Å². The van der Waals surface area contributed by atoms with Crippen molar-refractivity contribution >= 4 is 11.7 Å². The van der Waals surface area contributed by atoms with Crippen LogP contribution < -0.4 is 9.64 Å². The number of hydroxylamine groups is 3. The molecule has 0 radical (unpaired) electrons. The number of quaternary nitrogens is 1. The second-order valence-electron chi connectivity index (χ2n) is 8.84. The second kappa shape index (κ2) is 5.74. The lowest BCUT2D eigenvalue weighted by Crippen LogP contribution is -2.77. The van der Waals surface area contributed by atoms with Gasteiger partial charge in [0.05, 0.1) is 32.7 Å². The summed E-state index contributed by atoms with van der Waals surface area (Å²) in [6.07, 6.45) is 3.52. The summed E-state index contributed by atoms with van der Waals surface area (Å²) < 4.78 is 10.7. The van der Waals surface area contributed by atoms with Gasteiger partial charge in [-0.15, -0.1) is 0 Å². The number of hydrogen-bond donors (Lipinski definition) is 0. The third-order valence-electron chi connectivity index (χ3n) is 8.11. The van der Waals surface area contributed by atoms with Crippen LogP contribution in [0.5, 0.6) is 5.75 Å². The van der Waals surface area contributed by atoms with E-state index in [1.54, 1.807) is 7.11 Å². The first-order chi connectivity index (χ1) is 13.4. The predicted octanol–water partition coefficient (Wildman–Crippen LogP) is 2.61. The van der Waals surface area contributed by atoms with Crippen LogP contribution in [0.1, 0.15) is 25.3 Å². The Morgan fingerprint density at radius 1 is 1.39 bits per heavy atom. The number of methoxy groups -OCH3 is 2. The second-order valence-corrected chi connectivity index (χ2v) is 8.84. The number of carbonyl (C=O) groups excluding carboxylic acids is 1. The van der Waals surface area contributed by atoms with E-state index < -0.39 is 5.41 Å². The van der Waals surface area contributed by atoms with Crippen LogP contribution in [0.4, 0.5) is 5.69 Å². The molecule has 0 unspecified atom stereocenters. The van der Waals surface area contributed by atoms with Crippen LogP contribution in [0.25, 0.3) is 0 Å². The summed E-state index contributed by atoms with van der Waals surface area (Å²) in [5, 5.41) is 13.9. The number of nitrogens with zero attached hydrogens (tertiary/aromatic N) is 2. The Morgan fingerprint density at radius 3 is 2.86 bits per heavy atom. The molecule has 5 rings (SSSR count). The lowest BCUT2D eigenvalue weighted by molar-refractivity contribution is -0.916. The number of anilines is 1. The van der Waals surface area contributed by atoms with Crippen molar-refractivity contribution in [3.05, 3.63) is 40.6 Å². The average molecular weight is 384 g/mol. The fraction of sp³-hybridized carbons (Fsp3) is 0.591. The molecular formula is C22H28N2O4. The number of hydrogen-bond acceptors (Lipinski definition) is 5. The largest absolute Gasteiger partial charge is 0.632 e. The molecule has 2 saturated heterocycles. The number of piperidine rings is 2. The molecule has 6 atom stereocenters. The SMILES string of the molecule is C/C=C1/C[N@+]2([O-])CC[C@@]34c5cc(OC)ccc5N(C)[C@H]3[C@@H]2C[C@@H]1[C@H]4C(=O)OC. The van der Waals surface area contributed by atoms with Crippen LogP contribution in [0.2, 0.25) is 0 Å². The van der Waals surface area contributed by atoms with E-state index in [1.165, 1.54) is 7.11 Å². The number of carbonyl (C=O) groups is 1. The maximum atomic E-state index is 13.9. The quantitative estimate of drug-likeness (QED) is 0.339. The van der Waals surface area contributed by atoms with E-state index in [4.69, 9.17) is 9.47 Å². The Labute approximate surface area is 165 Å². The number of ether oxygens (including phenoxy) is 2. The van der Waals surface area contributed by atoms with Gasteiger partial charge in [-0.2, -0.15) is 0 Å². The molecule has 0 N–H and O–H groups in total. The van der Waals surface area contributed by atoms with Crippen LogP contribution in [0.15, 0.2) is 29.8 Å². The fourth-order valence-corrected chi connectivity index (χ4v) is 7.04. The lowest BCUT2D eigenvalue weighted by Gasteiger charge is -2.68. The summed E-state index contributed by atoms with van der Waals surface area (Å²) in [7, 11) is 5.23. The van der Waals surface area contributed by atoms with Gasteiger partial charge in [-0.25, -0.2) is 0 Å². The first-order valence-corrected chi connectivity index (χ1v) is 10.1. The van der Waals surface area contributed by atoms with Gasteiger partial charge >= 0.3 is 5.97 Å². The molecule has 0 spiro atoms. The highest BCUT2D eigenvalue weighted by atomic mass is 16.5.